The number of hydrogen-bond donors (Lipinski definition) is 2. The van der Waals surface area contributed by atoms with E-state index in [-0.39, 0.29) is 12.3 Å². The van der Waals surface area contributed by atoms with Gasteiger partial charge in [0.1, 0.15) is 11.6 Å². The number of nitrogens with one attached hydrogen (secondary N) is 2. The van der Waals surface area contributed by atoms with E-state index in [9.17, 15) is 14.4 Å². The molecule has 28 heavy (non-hydrogen) atoms. The second kappa shape index (κ2) is 10.7. The van der Waals surface area contributed by atoms with E-state index in [0.29, 0.717) is 6.42 Å². The number of amides is 2. The number of rotatable bonds is 8. The van der Waals surface area contributed by atoms with Crippen LogP contribution in [0.15, 0.2) is 30.3 Å². The zero-order valence-corrected chi connectivity index (χ0v) is 17.6. The minimum absolute atomic E-state index is 0.205. The summed E-state index contributed by atoms with van der Waals surface area (Å²) in [6.07, 6.45) is -0.698. The Hall–Kier alpha value is -2.57. The lowest BCUT2D eigenvalue weighted by Gasteiger charge is -2.26. The molecule has 0 aliphatic rings. The van der Waals surface area contributed by atoms with Crippen molar-refractivity contribution < 1.29 is 23.9 Å². The van der Waals surface area contributed by atoms with Crippen LogP contribution in [-0.4, -0.2) is 35.8 Å². The first kappa shape index (κ1) is 23.5. The van der Waals surface area contributed by atoms with Gasteiger partial charge in [0.05, 0.1) is 0 Å². The van der Waals surface area contributed by atoms with Gasteiger partial charge in [-0.2, -0.15) is 0 Å². The van der Waals surface area contributed by atoms with Crippen molar-refractivity contribution in [2.24, 2.45) is 5.92 Å². The van der Waals surface area contributed by atoms with Crippen molar-refractivity contribution in [2.75, 3.05) is 0 Å². The first-order chi connectivity index (χ1) is 13.0. The van der Waals surface area contributed by atoms with Gasteiger partial charge in [0, 0.05) is 19.8 Å². The number of alkyl carbamates (subject to hydrolysis) is 1. The van der Waals surface area contributed by atoms with Crippen LogP contribution in [0.1, 0.15) is 53.5 Å². The molecule has 0 bridgehead atoms. The SMILES string of the molecule is CC(=O)O[C@@H](CC(C)C)NC(=O)[C@H](Cc1ccccc1)NC(=O)OC(C)(C)C. The molecule has 2 amide bonds. The van der Waals surface area contributed by atoms with Gasteiger partial charge in [-0.15, -0.1) is 0 Å². The lowest BCUT2D eigenvalue weighted by atomic mass is 10.0. The van der Waals surface area contributed by atoms with Crippen LogP contribution < -0.4 is 10.6 Å². The fourth-order valence-electron chi connectivity index (χ4n) is 2.53. The summed E-state index contributed by atoms with van der Waals surface area (Å²) in [5, 5.41) is 5.34. The summed E-state index contributed by atoms with van der Waals surface area (Å²) in [5.74, 6) is -0.719. The van der Waals surface area contributed by atoms with E-state index >= 15 is 0 Å². The van der Waals surface area contributed by atoms with Crippen LogP contribution in [0, 0.1) is 5.92 Å². The maximum Gasteiger partial charge on any atom is 0.408 e. The van der Waals surface area contributed by atoms with E-state index in [2.05, 4.69) is 10.6 Å². The molecule has 0 aliphatic carbocycles. The molecule has 0 unspecified atom stereocenters. The molecule has 2 atom stereocenters. The van der Waals surface area contributed by atoms with Crippen molar-refractivity contribution in [1.29, 1.82) is 0 Å². The molecular weight excluding hydrogens is 360 g/mol. The van der Waals surface area contributed by atoms with Crippen LogP contribution in [0.4, 0.5) is 4.79 Å². The number of ether oxygens (including phenoxy) is 2. The van der Waals surface area contributed by atoms with Gasteiger partial charge in [0.2, 0.25) is 5.91 Å². The van der Waals surface area contributed by atoms with Gasteiger partial charge in [-0.25, -0.2) is 4.79 Å². The Morgan fingerprint density at radius 1 is 1.04 bits per heavy atom. The van der Waals surface area contributed by atoms with Gasteiger partial charge < -0.3 is 20.1 Å². The molecule has 0 spiro atoms. The molecule has 7 heteroatoms. The summed E-state index contributed by atoms with van der Waals surface area (Å²) >= 11 is 0. The Labute approximate surface area is 167 Å². The Bertz CT molecular complexity index is 653. The predicted octanol–water partition coefficient (Wildman–Crippen LogP) is 3.17. The second-order valence-corrected chi connectivity index (χ2v) is 8.12. The predicted molar refractivity (Wildman–Crippen MR) is 106 cm³/mol. The van der Waals surface area contributed by atoms with Crippen LogP contribution in [0.2, 0.25) is 0 Å². The minimum atomic E-state index is -0.873. The monoisotopic (exact) mass is 392 g/mol. The van der Waals surface area contributed by atoms with Crippen molar-refractivity contribution in [3.8, 4) is 0 Å². The number of hydrogen-bond acceptors (Lipinski definition) is 5. The highest BCUT2D eigenvalue weighted by molar-refractivity contribution is 5.86. The van der Waals surface area contributed by atoms with Gasteiger partial charge in [0.25, 0.3) is 0 Å². The molecule has 156 valence electrons. The zero-order chi connectivity index (χ0) is 21.3. The van der Waals surface area contributed by atoms with Gasteiger partial charge >= 0.3 is 12.1 Å². The highest BCUT2D eigenvalue weighted by atomic mass is 16.6. The van der Waals surface area contributed by atoms with Crippen molar-refractivity contribution in [2.45, 2.75) is 72.3 Å². The average Bonchev–Trinajstić information content (AvgIpc) is 2.52. The molecular formula is C21H32N2O5. The molecule has 1 aromatic rings. The molecule has 0 saturated carbocycles. The summed E-state index contributed by atoms with van der Waals surface area (Å²) in [4.78, 5) is 36.4. The molecule has 0 radical (unpaired) electrons. The number of esters is 1. The Morgan fingerprint density at radius 3 is 2.14 bits per heavy atom. The largest absolute Gasteiger partial charge is 0.444 e. The number of benzene rings is 1. The number of carbonyl (C=O) groups is 3. The summed E-state index contributed by atoms with van der Waals surface area (Å²) in [7, 11) is 0. The molecule has 0 saturated heterocycles. The molecule has 2 N–H and O–H groups in total. The van der Waals surface area contributed by atoms with Crippen molar-refractivity contribution in [1.82, 2.24) is 10.6 Å². The van der Waals surface area contributed by atoms with Gasteiger partial charge in [0.15, 0.2) is 6.23 Å². The fourth-order valence-corrected chi connectivity index (χ4v) is 2.53. The zero-order valence-electron chi connectivity index (χ0n) is 17.6. The maximum atomic E-state index is 12.8. The third-order valence-corrected chi connectivity index (χ3v) is 3.59. The summed E-state index contributed by atoms with van der Waals surface area (Å²) in [6, 6.07) is 8.46. The molecule has 0 aromatic heterocycles. The quantitative estimate of drug-likeness (QED) is 0.523. The normalized spacial score (nSPS) is 13.4. The van der Waals surface area contributed by atoms with E-state index in [1.807, 2.05) is 44.2 Å². The van der Waals surface area contributed by atoms with E-state index in [1.165, 1.54) is 6.92 Å². The van der Waals surface area contributed by atoms with Crippen molar-refractivity contribution in [3.05, 3.63) is 35.9 Å². The van der Waals surface area contributed by atoms with E-state index in [4.69, 9.17) is 9.47 Å². The smallest absolute Gasteiger partial charge is 0.408 e. The van der Waals surface area contributed by atoms with Gasteiger partial charge in [-0.1, -0.05) is 44.2 Å². The Morgan fingerprint density at radius 2 is 1.64 bits per heavy atom. The van der Waals surface area contributed by atoms with Crippen LogP contribution in [0.25, 0.3) is 0 Å². The molecule has 0 aliphatic heterocycles. The third-order valence-electron chi connectivity index (χ3n) is 3.59. The van der Waals surface area contributed by atoms with E-state index < -0.39 is 35.8 Å². The summed E-state index contributed by atoms with van der Waals surface area (Å²) in [6.45, 7) is 10.5. The van der Waals surface area contributed by atoms with E-state index in [1.54, 1.807) is 20.8 Å². The van der Waals surface area contributed by atoms with Crippen LogP contribution in [-0.2, 0) is 25.5 Å². The highest BCUT2D eigenvalue weighted by Crippen LogP contribution is 2.10. The highest BCUT2D eigenvalue weighted by Gasteiger charge is 2.27. The van der Waals surface area contributed by atoms with Crippen molar-refractivity contribution in [3.63, 3.8) is 0 Å². The minimum Gasteiger partial charge on any atom is -0.444 e. The molecule has 0 heterocycles. The molecule has 0 fully saturated rings. The summed E-state index contributed by atoms with van der Waals surface area (Å²) in [5.41, 5.74) is 0.196. The van der Waals surface area contributed by atoms with Crippen LogP contribution in [0.5, 0.6) is 0 Å². The standard InChI is InChI=1S/C21H32N2O5/c1-14(2)12-18(27-15(3)24)23-19(25)17(13-16-10-8-7-9-11-16)22-20(26)28-21(4,5)6/h7-11,14,17-18H,12-13H2,1-6H3,(H,22,26)(H,23,25)/t17-,18-/m0/s1. The van der Waals surface area contributed by atoms with Crippen LogP contribution >= 0.6 is 0 Å². The Balaban J connectivity index is 2.92. The molecule has 1 rings (SSSR count). The lowest BCUT2D eigenvalue weighted by molar-refractivity contribution is -0.150. The number of carbonyl (C=O) groups excluding carboxylic acids is 3. The summed E-state index contributed by atoms with van der Waals surface area (Å²) < 4.78 is 10.5. The Kier molecular flexibility index (Phi) is 8.96. The lowest BCUT2D eigenvalue weighted by Crippen LogP contribution is -2.52. The van der Waals surface area contributed by atoms with Crippen molar-refractivity contribution >= 4 is 18.0 Å². The first-order valence-corrected chi connectivity index (χ1v) is 9.47. The van der Waals surface area contributed by atoms with Crippen LogP contribution in [0.3, 0.4) is 0 Å². The molecule has 1 aromatic carbocycles. The first-order valence-electron chi connectivity index (χ1n) is 9.47. The third kappa shape index (κ3) is 9.94. The fraction of sp³-hybridized carbons (Fsp3) is 0.571. The second-order valence-electron chi connectivity index (χ2n) is 8.12. The topological polar surface area (TPSA) is 93.7 Å². The average molecular weight is 392 g/mol. The molecule has 7 nitrogen and oxygen atoms in total. The van der Waals surface area contributed by atoms with Gasteiger partial charge in [-0.3, -0.25) is 9.59 Å². The van der Waals surface area contributed by atoms with E-state index in [0.717, 1.165) is 5.56 Å². The van der Waals surface area contributed by atoms with Gasteiger partial charge in [-0.05, 0) is 32.3 Å². The maximum absolute atomic E-state index is 12.8.